The summed E-state index contributed by atoms with van der Waals surface area (Å²) in [5.41, 5.74) is 0. The Morgan fingerprint density at radius 1 is 1.33 bits per heavy atom. The average Bonchev–Trinajstić information content (AvgIpc) is 2.11. The quantitative estimate of drug-likeness (QED) is 0.675. The molecule has 0 bridgehead atoms. The third kappa shape index (κ3) is 4.37. The molecule has 12 heavy (non-hydrogen) atoms. The van der Waals surface area contributed by atoms with Gasteiger partial charge in [-0.2, -0.15) is 0 Å². The molecular formula is C10H21NO. The van der Waals surface area contributed by atoms with Crippen molar-refractivity contribution in [1.82, 2.24) is 5.32 Å². The van der Waals surface area contributed by atoms with Crippen molar-refractivity contribution in [2.75, 3.05) is 7.05 Å². The largest absolute Gasteiger partial charge is 0.359 e. The minimum Gasteiger partial charge on any atom is -0.359 e. The van der Waals surface area contributed by atoms with E-state index in [0.717, 1.165) is 18.8 Å². The summed E-state index contributed by atoms with van der Waals surface area (Å²) in [4.78, 5) is 11.1. The first-order valence-electron chi connectivity index (χ1n) is 4.83. The molecule has 0 saturated heterocycles. The van der Waals surface area contributed by atoms with Crippen LogP contribution in [0.4, 0.5) is 0 Å². The van der Waals surface area contributed by atoms with Gasteiger partial charge in [0.1, 0.15) is 0 Å². The summed E-state index contributed by atoms with van der Waals surface area (Å²) in [6, 6.07) is 0. The monoisotopic (exact) mass is 171 g/mol. The van der Waals surface area contributed by atoms with E-state index in [1.807, 2.05) is 6.92 Å². The van der Waals surface area contributed by atoms with Gasteiger partial charge in [0.15, 0.2) is 0 Å². The summed E-state index contributed by atoms with van der Waals surface area (Å²) in [7, 11) is 1.70. The molecular weight excluding hydrogens is 150 g/mol. The van der Waals surface area contributed by atoms with E-state index in [2.05, 4.69) is 19.2 Å². The van der Waals surface area contributed by atoms with E-state index in [4.69, 9.17) is 0 Å². The maximum atomic E-state index is 11.1. The first-order chi connectivity index (χ1) is 5.61. The lowest BCUT2D eigenvalue weighted by atomic mass is 9.96. The van der Waals surface area contributed by atoms with Crippen molar-refractivity contribution >= 4 is 5.91 Å². The van der Waals surface area contributed by atoms with Gasteiger partial charge in [-0.15, -0.1) is 0 Å². The summed E-state index contributed by atoms with van der Waals surface area (Å²) in [6.45, 7) is 6.41. The van der Waals surface area contributed by atoms with Gasteiger partial charge in [-0.05, 0) is 18.8 Å². The van der Waals surface area contributed by atoms with Crippen molar-refractivity contribution in [2.24, 2.45) is 11.8 Å². The maximum absolute atomic E-state index is 11.1. The van der Waals surface area contributed by atoms with Gasteiger partial charge >= 0.3 is 0 Å². The second-order valence-electron chi connectivity index (χ2n) is 3.61. The molecule has 0 fully saturated rings. The molecule has 0 spiro atoms. The van der Waals surface area contributed by atoms with Crippen LogP contribution in [0.1, 0.15) is 40.0 Å². The number of rotatable bonds is 5. The van der Waals surface area contributed by atoms with Gasteiger partial charge in [0.05, 0.1) is 0 Å². The fourth-order valence-electron chi connectivity index (χ4n) is 1.12. The zero-order valence-electron chi connectivity index (χ0n) is 8.68. The lowest BCUT2D eigenvalue weighted by molar-refractivity contribution is -0.124. The SMILES string of the molecule is CCC(C)CCC(C)C(=O)NC. The molecule has 0 heterocycles. The first kappa shape index (κ1) is 11.5. The van der Waals surface area contributed by atoms with Crippen LogP contribution in [0, 0.1) is 11.8 Å². The van der Waals surface area contributed by atoms with Gasteiger partial charge in [-0.1, -0.05) is 27.2 Å². The second-order valence-corrected chi connectivity index (χ2v) is 3.61. The third-order valence-electron chi connectivity index (χ3n) is 2.48. The molecule has 1 N–H and O–H groups in total. The van der Waals surface area contributed by atoms with Crippen molar-refractivity contribution in [3.8, 4) is 0 Å². The zero-order chi connectivity index (χ0) is 9.56. The predicted molar refractivity (Wildman–Crippen MR) is 51.9 cm³/mol. The average molecular weight is 171 g/mol. The molecule has 0 rings (SSSR count). The number of nitrogens with one attached hydrogen (secondary N) is 1. The predicted octanol–water partition coefficient (Wildman–Crippen LogP) is 2.19. The molecule has 2 atom stereocenters. The Labute approximate surface area is 75.7 Å². The molecule has 2 nitrogen and oxygen atoms in total. The van der Waals surface area contributed by atoms with Crippen molar-refractivity contribution < 1.29 is 4.79 Å². The molecule has 0 aliphatic rings. The topological polar surface area (TPSA) is 29.1 Å². The summed E-state index contributed by atoms with van der Waals surface area (Å²) >= 11 is 0. The van der Waals surface area contributed by atoms with Crippen LogP contribution in [0.3, 0.4) is 0 Å². The number of carbonyl (C=O) groups excluding carboxylic acids is 1. The maximum Gasteiger partial charge on any atom is 0.222 e. The van der Waals surface area contributed by atoms with Gasteiger partial charge in [0.2, 0.25) is 5.91 Å². The van der Waals surface area contributed by atoms with E-state index in [0.29, 0.717) is 0 Å². The highest BCUT2D eigenvalue weighted by atomic mass is 16.1. The fourth-order valence-corrected chi connectivity index (χ4v) is 1.12. The summed E-state index contributed by atoms with van der Waals surface area (Å²) in [5.74, 6) is 1.08. The normalized spacial score (nSPS) is 15.3. The Kier molecular flexibility index (Phi) is 5.77. The molecule has 1 amide bonds. The lowest BCUT2D eigenvalue weighted by Gasteiger charge is -2.12. The molecule has 0 aromatic rings. The van der Waals surface area contributed by atoms with Crippen molar-refractivity contribution in [2.45, 2.75) is 40.0 Å². The number of carbonyl (C=O) groups is 1. The summed E-state index contributed by atoms with van der Waals surface area (Å²) in [6.07, 6.45) is 3.38. The minimum atomic E-state index is 0.165. The minimum absolute atomic E-state index is 0.165. The highest BCUT2D eigenvalue weighted by Crippen LogP contribution is 2.14. The van der Waals surface area contributed by atoms with Crippen LogP contribution < -0.4 is 5.32 Å². The van der Waals surface area contributed by atoms with Crippen LogP contribution in [-0.2, 0) is 4.79 Å². The van der Waals surface area contributed by atoms with E-state index < -0.39 is 0 Å². The van der Waals surface area contributed by atoms with Crippen LogP contribution in [0.2, 0.25) is 0 Å². The highest BCUT2D eigenvalue weighted by molar-refractivity contribution is 5.77. The third-order valence-corrected chi connectivity index (χ3v) is 2.48. The summed E-state index contributed by atoms with van der Waals surface area (Å²) < 4.78 is 0. The Balaban J connectivity index is 3.56. The smallest absolute Gasteiger partial charge is 0.222 e. The van der Waals surface area contributed by atoms with Gasteiger partial charge < -0.3 is 5.32 Å². The van der Waals surface area contributed by atoms with Crippen LogP contribution in [-0.4, -0.2) is 13.0 Å². The van der Waals surface area contributed by atoms with Crippen molar-refractivity contribution in [3.05, 3.63) is 0 Å². The number of hydrogen-bond donors (Lipinski definition) is 1. The van der Waals surface area contributed by atoms with Crippen LogP contribution in [0.25, 0.3) is 0 Å². The molecule has 0 radical (unpaired) electrons. The second kappa shape index (κ2) is 6.04. The van der Waals surface area contributed by atoms with E-state index in [1.165, 1.54) is 6.42 Å². The fraction of sp³-hybridized carbons (Fsp3) is 0.900. The van der Waals surface area contributed by atoms with E-state index in [1.54, 1.807) is 7.05 Å². The molecule has 0 aliphatic heterocycles. The van der Waals surface area contributed by atoms with Crippen molar-refractivity contribution in [3.63, 3.8) is 0 Å². The Bertz CT molecular complexity index is 134. The molecule has 2 heteroatoms. The van der Waals surface area contributed by atoms with E-state index >= 15 is 0 Å². The van der Waals surface area contributed by atoms with Gasteiger partial charge in [-0.25, -0.2) is 0 Å². The van der Waals surface area contributed by atoms with Gasteiger partial charge in [0.25, 0.3) is 0 Å². The molecule has 0 aromatic heterocycles. The zero-order valence-corrected chi connectivity index (χ0v) is 8.68. The molecule has 0 aliphatic carbocycles. The van der Waals surface area contributed by atoms with Crippen molar-refractivity contribution in [1.29, 1.82) is 0 Å². The van der Waals surface area contributed by atoms with E-state index in [9.17, 15) is 4.79 Å². The van der Waals surface area contributed by atoms with Gasteiger partial charge in [-0.3, -0.25) is 4.79 Å². The summed E-state index contributed by atoms with van der Waals surface area (Å²) in [5, 5.41) is 2.67. The Hall–Kier alpha value is -0.530. The Morgan fingerprint density at radius 2 is 1.92 bits per heavy atom. The van der Waals surface area contributed by atoms with Gasteiger partial charge in [0, 0.05) is 13.0 Å². The van der Waals surface area contributed by atoms with Crippen LogP contribution in [0.5, 0.6) is 0 Å². The molecule has 0 saturated carbocycles. The molecule has 72 valence electrons. The standard InChI is InChI=1S/C10H21NO/c1-5-8(2)6-7-9(3)10(12)11-4/h8-9H,5-7H2,1-4H3,(H,11,12). The van der Waals surface area contributed by atoms with Crippen LogP contribution in [0.15, 0.2) is 0 Å². The molecule has 0 aromatic carbocycles. The number of amides is 1. The number of hydrogen-bond acceptors (Lipinski definition) is 1. The lowest BCUT2D eigenvalue weighted by Crippen LogP contribution is -2.25. The first-order valence-corrected chi connectivity index (χ1v) is 4.83. The highest BCUT2D eigenvalue weighted by Gasteiger charge is 2.11. The Morgan fingerprint density at radius 3 is 2.33 bits per heavy atom. The van der Waals surface area contributed by atoms with E-state index in [-0.39, 0.29) is 11.8 Å². The van der Waals surface area contributed by atoms with Crippen LogP contribution >= 0.6 is 0 Å². The molecule has 2 unspecified atom stereocenters.